The molecule has 170 valence electrons. The Labute approximate surface area is 177 Å². The first kappa shape index (κ1) is 26.1. The molecule has 0 bridgehead atoms. The third kappa shape index (κ3) is 8.06. The number of amides is 1. The van der Waals surface area contributed by atoms with Crippen LogP contribution in [0.3, 0.4) is 0 Å². The lowest BCUT2D eigenvalue weighted by molar-refractivity contribution is -0.189. The van der Waals surface area contributed by atoms with Crippen molar-refractivity contribution in [2.45, 2.75) is 69.5 Å². The van der Waals surface area contributed by atoms with E-state index in [1.807, 2.05) is 0 Å². The van der Waals surface area contributed by atoms with Gasteiger partial charge < -0.3 is 10.1 Å². The molecule has 0 unspecified atom stereocenters. The van der Waals surface area contributed by atoms with E-state index in [0.717, 1.165) is 12.5 Å². The van der Waals surface area contributed by atoms with Crippen LogP contribution < -0.4 is 10.0 Å². The summed E-state index contributed by atoms with van der Waals surface area (Å²) in [7, 11) is -0.858. The molecule has 0 heterocycles. The van der Waals surface area contributed by atoms with Crippen LogP contribution in [-0.2, 0) is 31.7 Å². The van der Waals surface area contributed by atoms with Gasteiger partial charge in [0.15, 0.2) is 0 Å². The summed E-state index contributed by atoms with van der Waals surface area (Å²) in [4.78, 5) is 24.2. The van der Waals surface area contributed by atoms with Crippen molar-refractivity contribution in [1.82, 2.24) is 10.0 Å². The van der Waals surface area contributed by atoms with Crippen LogP contribution >= 0.6 is 0 Å². The molecule has 0 saturated heterocycles. The van der Waals surface area contributed by atoms with Crippen molar-refractivity contribution in [3.05, 3.63) is 35.9 Å². The lowest BCUT2D eigenvalue weighted by Crippen LogP contribution is -2.59. The number of nitrogens with one attached hydrogen (secondary N) is 2. The minimum atomic E-state index is -4.83. The molecule has 6 nitrogen and oxygen atoms in total. The lowest BCUT2D eigenvalue weighted by Gasteiger charge is -2.34. The van der Waals surface area contributed by atoms with Crippen LogP contribution in [0.25, 0.3) is 0 Å². The monoisotopic (exact) mass is 450 g/mol. The van der Waals surface area contributed by atoms with E-state index in [1.165, 1.54) is 27.9 Å². The van der Waals surface area contributed by atoms with E-state index in [4.69, 9.17) is 0 Å². The highest BCUT2D eigenvalue weighted by Gasteiger charge is 2.54. The van der Waals surface area contributed by atoms with Gasteiger partial charge in [-0.2, -0.15) is 13.2 Å². The first-order valence-corrected chi connectivity index (χ1v) is 10.5. The van der Waals surface area contributed by atoms with E-state index in [2.05, 4.69) is 14.8 Å². The van der Waals surface area contributed by atoms with Gasteiger partial charge in [0.2, 0.25) is 5.91 Å². The van der Waals surface area contributed by atoms with Gasteiger partial charge in [-0.15, -0.1) is 0 Å². The van der Waals surface area contributed by atoms with Gasteiger partial charge >= 0.3 is 12.1 Å². The molecule has 0 aliphatic carbocycles. The van der Waals surface area contributed by atoms with E-state index in [-0.39, 0.29) is 12.8 Å². The molecular weight excluding hydrogens is 421 g/mol. The molecule has 0 aliphatic heterocycles. The Hall–Kier alpha value is -1.94. The van der Waals surface area contributed by atoms with Gasteiger partial charge in [-0.1, -0.05) is 30.3 Å². The fraction of sp³-hybridized carbons (Fsp3) is 0.600. The summed E-state index contributed by atoms with van der Waals surface area (Å²) < 4.78 is 59.1. The average molecular weight is 451 g/mol. The third-order valence-corrected chi connectivity index (χ3v) is 6.09. The van der Waals surface area contributed by atoms with Crippen LogP contribution in [-0.4, -0.2) is 45.7 Å². The Morgan fingerprint density at radius 3 is 2.13 bits per heavy atom. The second-order valence-electron chi connectivity index (χ2n) is 8.22. The summed E-state index contributed by atoms with van der Waals surface area (Å²) in [5.41, 5.74) is -1.91. The topological polar surface area (TPSA) is 84.5 Å². The molecule has 1 aromatic rings. The number of ether oxygens (including phenoxy) is 1. The quantitative estimate of drug-likeness (QED) is 0.567. The summed E-state index contributed by atoms with van der Waals surface area (Å²) in [5.74, 6) is -1.51. The first-order valence-electron chi connectivity index (χ1n) is 9.34. The van der Waals surface area contributed by atoms with Crippen LogP contribution in [0.15, 0.2) is 30.3 Å². The number of carbonyl (C=O) groups is 2. The molecule has 1 aromatic carbocycles. The number of halogens is 3. The molecule has 2 N–H and O–H groups in total. The van der Waals surface area contributed by atoms with Crippen molar-refractivity contribution in [1.29, 1.82) is 0 Å². The summed E-state index contributed by atoms with van der Waals surface area (Å²) in [5, 5.41) is 2.49. The van der Waals surface area contributed by atoms with Gasteiger partial charge in [0.25, 0.3) is 0 Å². The zero-order valence-corrected chi connectivity index (χ0v) is 18.6. The maximum Gasteiger partial charge on any atom is 0.407 e. The van der Waals surface area contributed by atoms with E-state index >= 15 is 0 Å². The van der Waals surface area contributed by atoms with E-state index < -0.39 is 51.8 Å². The second kappa shape index (κ2) is 10.4. The fourth-order valence-corrected chi connectivity index (χ4v) is 3.41. The molecule has 10 heteroatoms. The Bertz CT molecular complexity index is 751. The minimum absolute atomic E-state index is 0.193. The number of esters is 1. The Morgan fingerprint density at radius 1 is 1.10 bits per heavy atom. The van der Waals surface area contributed by atoms with Gasteiger partial charge in [-0.25, -0.2) is 8.93 Å². The molecule has 0 radical (unpaired) electrons. The van der Waals surface area contributed by atoms with E-state index in [1.54, 1.807) is 30.3 Å². The average Bonchev–Trinajstić information content (AvgIpc) is 2.60. The Kier molecular flexibility index (Phi) is 9.04. The third-order valence-electron chi connectivity index (χ3n) is 4.34. The van der Waals surface area contributed by atoms with Crippen LogP contribution in [0, 0.1) is 0 Å². The van der Waals surface area contributed by atoms with Crippen molar-refractivity contribution in [3.8, 4) is 0 Å². The Balaban J connectivity index is 2.98. The highest BCUT2D eigenvalue weighted by Crippen LogP contribution is 2.34. The largest absolute Gasteiger partial charge is 0.469 e. The van der Waals surface area contributed by atoms with Gasteiger partial charge in [-0.3, -0.25) is 9.59 Å². The van der Waals surface area contributed by atoms with Crippen LogP contribution in [0.5, 0.6) is 0 Å². The fourth-order valence-electron chi connectivity index (χ4n) is 2.51. The predicted molar refractivity (Wildman–Crippen MR) is 109 cm³/mol. The number of alkyl halides is 3. The predicted octanol–water partition coefficient (Wildman–Crippen LogP) is 3.04. The van der Waals surface area contributed by atoms with Gasteiger partial charge in [-0.05, 0) is 39.7 Å². The summed E-state index contributed by atoms with van der Waals surface area (Å²) in [6.45, 7) is 5.38. The standard InChI is InChI=1S/C20H29F3N2O4S/c1-18(2,3)30(28)25-19(4,20(21,22)23)13-16(26)24-15(12-17(27)29-5)11-14-9-7-6-8-10-14/h6-10,15,25H,11-13H2,1-5H3,(H,24,26)/t15-,19+,30-/m0/s1. The molecule has 1 rings (SSSR count). The molecule has 0 spiro atoms. The maximum absolute atomic E-state index is 13.7. The summed E-state index contributed by atoms with van der Waals surface area (Å²) in [6, 6.07) is 8.16. The number of methoxy groups -OCH3 is 1. The van der Waals surface area contributed by atoms with Gasteiger partial charge in [0, 0.05) is 6.04 Å². The second-order valence-corrected chi connectivity index (χ2v) is 10.2. The smallest absolute Gasteiger partial charge is 0.407 e. The molecule has 0 fully saturated rings. The molecule has 0 aromatic heterocycles. The normalized spacial score (nSPS) is 16.3. The Morgan fingerprint density at radius 2 is 1.67 bits per heavy atom. The molecule has 0 aliphatic rings. The zero-order valence-electron chi connectivity index (χ0n) is 17.8. The first-order chi connectivity index (χ1) is 13.7. The number of rotatable bonds is 9. The highest BCUT2D eigenvalue weighted by atomic mass is 32.2. The zero-order chi connectivity index (χ0) is 23.2. The van der Waals surface area contributed by atoms with Crippen molar-refractivity contribution < 1.29 is 31.7 Å². The summed E-state index contributed by atoms with van der Waals surface area (Å²) >= 11 is 0. The SMILES string of the molecule is COC(=O)C[C@H](Cc1ccccc1)NC(=O)C[C@@](C)(N[S@@](=O)C(C)(C)C)C(F)(F)F. The molecule has 1 amide bonds. The molecular formula is C20H29F3N2O4S. The van der Waals surface area contributed by atoms with Crippen molar-refractivity contribution in [2.24, 2.45) is 0 Å². The summed E-state index contributed by atoms with van der Waals surface area (Å²) in [6.07, 6.45) is -5.78. The van der Waals surface area contributed by atoms with Crippen molar-refractivity contribution in [3.63, 3.8) is 0 Å². The van der Waals surface area contributed by atoms with Gasteiger partial charge in [0.05, 0.1) is 35.7 Å². The van der Waals surface area contributed by atoms with Crippen molar-refractivity contribution >= 4 is 22.9 Å². The number of carbonyl (C=O) groups excluding carboxylic acids is 2. The molecule has 3 atom stereocenters. The van der Waals surface area contributed by atoms with E-state index in [0.29, 0.717) is 0 Å². The highest BCUT2D eigenvalue weighted by molar-refractivity contribution is 7.84. The molecule has 30 heavy (non-hydrogen) atoms. The van der Waals surface area contributed by atoms with Gasteiger partial charge in [0.1, 0.15) is 5.54 Å². The van der Waals surface area contributed by atoms with E-state index in [9.17, 15) is 27.0 Å². The van der Waals surface area contributed by atoms with Crippen LogP contribution in [0.2, 0.25) is 0 Å². The lowest BCUT2D eigenvalue weighted by atomic mass is 9.97. The maximum atomic E-state index is 13.7. The molecule has 0 saturated carbocycles. The minimum Gasteiger partial charge on any atom is -0.469 e. The van der Waals surface area contributed by atoms with Crippen LogP contribution in [0.4, 0.5) is 13.2 Å². The number of hydrogen-bond acceptors (Lipinski definition) is 4. The van der Waals surface area contributed by atoms with Crippen molar-refractivity contribution in [2.75, 3.05) is 7.11 Å². The number of benzene rings is 1. The number of hydrogen-bond donors (Lipinski definition) is 2. The van der Waals surface area contributed by atoms with Crippen LogP contribution in [0.1, 0.15) is 46.1 Å².